The molecule has 2 heterocycles. The summed E-state index contributed by atoms with van der Waals surface area (Å²) in [7, 11) is 1.88. The normalized spacial score (nSPS) is 21.7. The van der Waals surface area contributed by atoms with Crippen LogP contribution in [0, 0.1) is 11.8 Å². The van der Waals surface area contributed by atoms with Gasteiger partial charge in [-0.2, -0.15) is 0 Å². The highest BCUT2D eigenvalue weighted by Crippen LogP contribution is 2.17. The average molecular weight is 516 g/mol. The van der Waals surface area contributed by atoms with E-state index in [0.29, 0.717) is 18.4 Å². The van der Waals surface area contributed by atoms with Gasteiger partial charge < -0.3 is 19.7 Å². The molecule has 2 atom stereocenters. The summed E-state index contributed by atoms with van der Waals surface area (Å²) in [5.41, 5.74) is 1.24. The van der Waals surface area contributed by atoms with Crippen LogP contribution in [0.4, 0.5) is 0 Å². The van der Waals surface area contributed by atoms with Gasteiger partial charge in [0.1, 0.15) is 0 Å². The summed E-state index contributed by atoms with van der Waals surface area (Å²) in [6.07, 6.45) is 1.17. The predicted molar refractivity (Wildman–Crippen MR) is 129 cm³/mol. The number of aliphatic imine (C=N–C) groups is 1. The van der Waals surface area contributed by atoms with Gasteiger partial charge in [0.2, 0.25) is 0 Å². The van der Waals surface area contributed by atoms with Gasteiger partial charge in [0, 0.05) is 52.2 Å². The standard InChI is InChI=1S/C22H36N4O2.HI/c1-19(15-25-10-12-27-13-11-25)14-24-22(23-2)26-9-8-21(16-26)18-28-17-20-6-4-3-5-7-20;/h3-7,19,21H,8-18H2,1-2H3,(H,23,24);1H. The molecule has 0 aliphatic carbocycles. The van der Waals surface area contributed by atoms with E-state index in [-0.39, 0.29) is 24.0 Å². The summed E-state index contributed by atoms with van der Waals surface area (Å²) in [5, 5.41) is 3.58. The minimum absolute atomic E-state index is 0. The number of benzene rings is 1. The number of rotatable bonds is 8. The molecular formula is C22H37IN4O2. The Morgan fingerprint density at radius 3 is 2.72 bits per heavy atom. The molecule has 2 aliphatic rings. The quantitative estimate of drug-likeness (QED) is 0.327. The SMILES string of the molecule is CN=C(NCC(C)CN1CCOCC1)N1CCC(COCc2ccccc2)C1.I. The number of hydrogen-bond donors (Lipinski definition) is 1. The largest absolute Gasteiger partial charge is 0.379 e. The molecule has 3 rings (SSSR count). The highest BCUT2D eigenvalue weighted by atomic mass is 127. The maximum atomic E-state index is 5.95. The molecule has 164 valence electrons. The zero-order valence-electron chi connectivity index (χ0n) is 17.9. The van der Waals surface area contributed by atoms with Gasteiger partial charge in [-0.15, -0.1) is 24.0 Å². The fourth-order valence-corrected chi connectivity index (χ4v) is 3.97. The van der Waals surface area contributed by atoms with Crippen molar-refractivity contribution >= 4 is 29.9 Å². The fraction of sp³-hybridized carbons (Fsp3) is 0.682. The molecule has 0 amide bonds. The molecule has 2 saturated heterocycles. The molecule has 6 nitrogen and oxygen atoms in total. The van der Waals surface area contributed by atoms with Crippen molar-refractivity contribution in [1.29, 1.82) is 0 Å². The molecule has 0 radical (unpaired) electrons. The summed E-state index contributed by atoms with van der Waals surface area (Å²) >= 11 is 0. The number of halogens is 1. The zero-order chi connectivity index (χ0) is 19.6. The van der Waals surface area contributed by atoms with Crippen LogP contribution in [0.1, 0.15) is 18.9 Å². The lowest BCUT2D eigenvalue weighted by Crippen LogP contribution is -2.45. The molecule has 2 aliphatic heterocycles. The van der Waals surface area contributed by atoms with Crippen LogP contribution in [0.15, 0.2) is 35.3 Å². The third kappa shape index (κ3) is 8.39. The van der Waals surface area contributed by atoms with Gasteiger partial charge in [0.25, 0.3) is 0 Å². The van der Waals surface area contributed by atoms with Crippen molar-refractivity contribution in [2.24, 2.45) is 16.8 Å². The lowest BCUT2D eigenvalue weighted by atomic mass is 10.1. The van der Waals surface area contributed by atoms with E-state index in [4.69, 9.17) is 9.47 Å². The number of nitrogens with one attached hydrogen (secondary N) is 1. The first-order valence-corrected chi connectivity index (χ1v) is 10.6. The Bertz CT molecular complexity index is 596. The van der Waals surface area contributed by atoms with E-state index in [9.17, 15) is 0 Å². The van der Waals surface area contributed by atoms with E-state index in [2.05, 4.69) is 51.3 Å². The smallest absolute Gasteiger partial charge is 0.193 e. The highest BCUT2D eigenvalue weighted by Gasteiger charge is 2.25. The topological polar surface area (TPSA) is 49.3 Å². The highest BCUT2D eigenvalue weighted by molar-refractivity contribution is 14.0. The van der Waals surface area contributed by atoms with Crippen LogP contribution in [-0.4, -0.2) is 81.9 Å². The van der Waals surface area contributed by atoms with Crippen molar-refractivity contribution in [3.05, 3.63) is 35.9 Å². The number of morpholine rings is 1. The average Bonchev–Trinajstić information content (AvgIpc) is 3.19. The Hall–Kier alpha value is -0.900. The fourth-order valence-electron chi connectivity index (χ4n) is 3.97. The third-order valence-electron chi connectivity index (χ3n) is 5.54. The zero-order valence-corrected chi connectivity index (χ0v) is 20.2. The first kappa shape index (κ1) is 24.4. The predicted octanol–water partition coefficient (Wildman–Crippen LogP) is 2.69. The molecule has 0 spiro atoms. The third-order valence-corrected chi connectivity index (χ3v) is 5.54. The summed E-state index contributed by atoms with van der Waals surface area (Å²) in [5.74, 6) is 2.19. The lowest BCUT2D eigenvalue weighted by Gasteiger charge is -2.30. The minimum Gasteiger partial charge on any atom is -0.379 e. The van der Waals surface area contributed by atoms with Gasteiger partial charge in [-0.25, -0.2) is 0 Å². The Balaban J connectivity index is 0.00000300. The second-order valence-electron chi connectivity index (χ2n) is 8.05. The van der Waals surface area contributed by atoms with Gasteiger partial charge in [-0.1, -0.05) is 37.3 Å². The van der Waals surface area contributed by atoms with Gasteiger partial charge in [-0.05, 0) is 17.9 Å². The van der Waals surface area contributed by atoms with E-state index in [0.717, 1.165) is 65.0 Å². The van der Waals surface area contributed by atoms with Gasteiger partial charge in [0.15, 0.2) is 5.96 Å². The number of likely N-dealkylation sites (tertiary alicyclic amines) is 1. The van der Waals surface area contributed by atoms with Crippen molar-refractivity contribution in [2.75, 3.05) is 66.1 Å². The van der Waals surface area contributed by atoms with Crippen molar-refractivity contribution in [2.45, 2.75) is 20.0 Å². The van der Waals surface area contributed by atoms with E-state index in [1.165, 1.54) is 12.0 Å². The molecular weight excluding hydrogens is 479 g/mol. The lowest BCUT2D eigenvalue weighted by molar-refractivity contribution is 0.0320. The number of hydrogen-bond acceptors (Lipinski definition) is 4. The maximum Gasteiger partial charge on any atom is 0.193 e. The van der Waals surface area contributed by atoms with E-state index in [1.807, 2.05) is 13.1 Å². The molecule has 2 unspecified atom stereocenters. The van der Waals surface area contributed by atoms with E-state index in [1.54, 1.807) is 0 Å². The Labute approximate surface area is 193 Å². The van der Waals surface area contributed by atoms with Crippen LogP contribution in [0.25, 0.3) is 0 Å². The molecule has 1 aromatic rings. The molecule has 1 N–H and O–H groups in total. The van der Waals surface area contributed by atoms with Crippen LogP contribution in [0.3, 0.4) is 0 Å². The summed E-state index contributed by atoms with van der Waals surface area (Å²) in [6.45, 7) is 11.8. The van der Waals surface area contributed by atoms with Crippen molar-refractivity contribution < 1.29 is 9.47 Å². The monoisotopic (exact) mass is 516 g/mol. The molecule has 0 aromatic heterocycles. The molecule has 7 heteroatoms. The number of nitrogens with zero attached hydrogens (tertiary/aromatic N) is 3. The first-order chi connectivity index (χ1) is 13.7. The molecule has 0 bridgehead atoms. The van der Waals surface area contributed by atoms with Crippen molar-refractivity contribution in [3.8, 4) is 0 Å². The molecule has 0 saturated carbocycles. The van der Waals surface area contributed by atoms with Crippen molar-refractivity contribution in [3.63, 3.8) is 0 Å². The molecule has 1 aromatic carbocycles. The minimum atomic E-state index is 0. The first-order valence-electron chi connectivity index (χ1n) is 10.6. The molecule has 29 heavy (non-hydrogen) atoms. The summed E-state index contributed by atoms with van der Waals surface area (Å²) in [4.78, 5) is 9.38. The Morgan fingerprint density at radius 1 is 1.24 bits per heavy atom. The number of guanidine groups is 1. The van der Waals surface area contributed by atoms with Crippen LogP contribution in [-0.2, 0) is 16.1 Å². The van der Waals surface area contributed by atoms with Crippen LogP contribution >= 0.6 is 24.0 Å². The Kier molecular flexibility index (Phi) is 11.3. The van der Waals surface area contributed by atoms with Gasteiger partial charge in [-0.3, -0.25) is 9.89 Å². The van der Waals surface area contributed by atoms with E-state index >= 15 is 0 Å². The van der Waals surface area contributed by atoms with Gasteiger partial charge in [0.05, 0.1) is 26.4 Å². The van der Waals surface area contributed by atoms with E-state index < -0.39 is 0 Å². The second kappa shape index (κ2) is 13.4. The van der Waals surface area contributed by atoms with Crippen molar-refractivity contribution in [1.82, 2.24) is 15.1 Å². The summed E-state index contributed by atoms with van der Waals surface area (Å²) in [6, 6.07) is 10.4. The Morgan fingerprint density at radius 2 is 2.00 bits per heavy atom. The summed E-state index contributed by atoms with van der Waals surface area (Å²) < 4.78 is 11.4. The van der Waals surface area contributed by atoms with Gasteiger partial charge >= 0.3 is 0 Å². The van der Waals surface area contributed by atoms with Crippen LogP contribution in [0.5, 0.6) is 0 Å². The van der Waals surface area contributed by atoms with Crippen LogP contribution in [0.2, 0.25) is 0 Å². The molecule has 2 fully saturated rings. The maximum absolute atomic E-state index is 5.95. The van der Waals surface area contributed by atoms with Crippen LogP contribution < -0.4 is 5.32 Å². The second-order valence-corrected chi connectivity index (χ2v) is 8.05. The number of ether oxygens (including phenoxy) is 2.